The number of nitrogens with one attached hydrogen (secondary N) is 1. The molecule has 16 heavy (non-hydrogen) atoms. The second kappa shape index (κ2) is 3.57. The number of aliphatic hydroxyl groups excluding tert-OH is 1. The van der Waals surface area contributed by atoms with Gasteiger partial charge in [0, 0.05) is 10.4 Å². The number of nitrogens with zero attached hydrogens (tertiary/aromatic N) is 1. The number of H-pyrrole nitrogens is 1. The molecule has 1 aromatic carbocycles. The summed E-state index contributed by atoms with van der Waals surface area (Å²) >= 11 is 3.48. The van der Waals surface area contributed by atoms with Crippen molar-refractivity contribution in [2.45, 2.75) is 31.8 Å². The number of aromatic amines is 1. The van der Waals surface area contributed by atoms with Gasteiger partial charge in [-0.3, -0.25) is 0 Å². The number of imidazole rings is 1. The van der Waals surface area contributed by atoms with Gasteiger partial charge in [-0.1, -0.05) is 15.9 Å². The van der Waals surface area contributed by atoms with Crippen LogP contribution in [0.15, 0.2) is 16.6 Å². The monoisotopic (exact) mass is 280 g/mol. The van der Waals surface area contributed by atoms with Crippen LogP contribution in [0, 0.1) is 6.92 Å². The van der Waals surface area contributed by atoms with Crippen molar-refractivity contribution in [1.82, 2.24) is 9.97 Å². The highest BCUT2D eigenvalue weighted by Crippen LogP contribution is 2.36. The Labute approximate surface area is 102 Å². The lowest BCUT2D eigenvalue weighted by atomic mass is 9.82. The Morgan fingerprint density at radius 3 is 2.88 bits per heavy atom. The van der Waals surface area contributed by atoms with E-state index in [1.807, 2.05) is 6.07 Å². The summed E-state index contributed by atoms with van der Waals surface area (Å²) in [4.78, 5) is 7.97. The molecule has 3 nitrogen and oxygen atoms in total. The Morgan fingerprint density at radius 1 is 1.44 bits per heavy atom. The van der Waals surface area contributed by atoms with Gasteiger partial charge in [-0.25, -0.2) is 4.98 Å². The molecule has 0 atom stereocenters. The number of halogens is 1. The molecular formula is C12H13BrN2O. The summed E-state index contributed by atoms with van der Waals surface area (Å²) in [5, 5.41) is 9.30. The molecule has 0 amide bonds. The largest absolute Gasteiger partial charge is 0.393 e. The highest BCUT2D eigenvalue weighted by Gasteiger charge is 2.30. The summed E-state index contributed by atoms with van der Waals surface area (Å²) in [6.45, 7) is 2.06. The van der Waals surface area contributed by atoms with E-state index in [-0.39, 0.29) is 6.10 Å². The van der Waals surface area contributed by atoms with Crippen LogP contribution in [0.3, 0.4) is 0 Å². The van der Waals surface area contributed by atoms with E-state index in [4.69, 9.17) is 0 Å². The minimum absolute atomic E-state index is 0.133. The van der Waals surface area contributed by atoms with Gasteiger partial charge in [0.1, 0.15) is 5.82 Å². The van der Waals surface area contributed by atoms with Gasteiger partial charge in [-0.2, -0.15) is 0 Å². The number of hydrogen-bond acceptors (Lipinski definition) is 2. The van der Waals surface area contributed by atoms with Crippen LogP contribution in [0.2, 0.25) is 0 Å². The van der Waals surface area contributed by atoms with Crippen molar-refractivity contribution in [3.8, 4) is 0 Å². The number of hydrogen-bond donors (Lipinski definition) is 2. The fourth-order valence-corrected chi connectivity index (χ4v) is 2.84. The third-order valence-corrected chi connectivity index (χ3v) is 3.72. The van der Waals surface area contributed by atoms with Crippen LogP contribution in [0.4, 0.5) is 0 Å². The van der Waals surface area contributed by atoms with Crippen LogP contribution in [-0.4, -0.2) is 21.2 Å². The van der Waals surface area contributed by atoms with E-state index in [0.29, 0.717) is 5.92 Å². The lowest BCUT2D eigenvalue weighted by molar-refractivity contribution is 0.0720. The smallest absolute Gasteiger partial charge is 0.110 e. The number of benzene rings is 1. The number of fused-ring (bicyclic) bond motifs is 1. The van der Waals surface area contributed by atoms with E-state index in [1.165, 1.54) is 5.56 Å². The van der Waals surface area contributed by atoms with Crippen LogP contribution in [0.1, 0.15) is 30.1 Å². The van der Waals surface area contributed by atoms with Gasteiger partial charge in [-0.15, -0.1) is 0 Å². The average molecular weight is 281 g/mol. The van der Waals surface area contributed by atoms with Crippen LogP contribution in [0.5, 0.6) is 0 Å². The van der Waals surface area contributed by atoms with E-state index < -0.39 is 0 Å². The highest BCUT2D eigenvalue weighted by molar-refractivity contribution is 9.10. The summed E-state index contributed by atoms with van der Waals surface area (Å²) in [6.07, 6.45) is 1.53. The van der Waals surface area contributed by atoms with Crippen molar-refractivity contribution in [2.75, 3.05) is 0 Å². The summed E-state index contributed by atoms with van der Waals surface area (Å²) < 4.78 is 1.07. The second-order valence-corrected chi connectivity index (χ2v) is 5.48. The van der Waals surface area contributed by atoms with Gasteiger partial charge in [0.25, 0.3) is 0 Å². The normalized spacial score (nSPS) is 24.7. The van der Waals surface area contributed by atoms with Crippen molar-refractivity contribution in [3.05, 3.63) is 28.0 Å². The molecule has 1 saturated carbocycles. The second-order valence-electron chi connectivity index (χ2n) is 4.56. The Morgan fingerprint density at radius 2 is 2.19 bits per heavy atom. The molecule has 2 N–H and O–H groups in total. The van der Waals surface area contributed by atoms with Gasteiger partial charge in [0.05, 0.1) is 17.1 Å². The Hall–Kier alpha value is -0.870. The number of rotatable bonds is 1. The maximum absolute atomic E-state index is 9.30. The lowest BCUT2D eigenvalue weighted by Crippen LogP contribution is -2.27. The predicted molar refractivity (Wildman–Crippen MR) is 66.5 cm³/mol. The van der Waals surface area contributed by atoms with Crippen LogP contribution >= 0.6 is 15.9 Å². The van der Waals surface area contributed by atoms with Crippen molar-refractivity contribution in [1.29, 1.82) is 0 Å². The quantitative estimate of drug-likeness (QED) is 0.844. The fraction of sp³-hybridized carbons (Fsp3) is 0.417. The van der Waals surface area contributed by atoms with Crippen LogP contribution < -0.4 is 0 Å². The third kappa shape index (κ3) is 1.57. The van der Waals surface area contributed by atoms with Gasteiger partial charge in [0.2, 0.25) is 0 Å². The van der Waals surface area contributed by atoms with Crippen LogP contribution in [0.25, 0.3) is 11.0 Å². The molecule has 0 bridgehead atoms. The summed E-state index contributed by atoms with van der Waals surface area (Å²) in [6, 6.07) is 4.12. The molecule has 0 unspecified atom stereocenters. The van der Waals surface area contributed by atoms with E-state index in [2.05, 4.69) is 38.9 Å². The minimum atomic E-state index is -0.133. The van der Waals surface area contributed by atoms with Crippen molar-refractivity contribution in [2.24, 2.45) is 0 Å². The standard InChI is InChI=1S/C12H13BrN2O/c1-6-2-8(13)5-10-11(6)15-12(14-10)7-3-9(16)4-7/h2,5,7,9,16H,3-4H2,1H3,(H,14,15). The molecule has 0 saturated heterocycles. The first kappa shape index (κ1) is 10.3. The number of aryl methyl sites for hydroxylation is 1. The number of aromatic nitrogens is 2. The molecule has 0 radical (unpaired) electrons. The predicted octanol–water partition coefficient (Wildman–Crippen LogP) is 2.87. The van der Waals surface area contributed by atoms with Crippen molar-refractivity contribution >= 4 is 27.0 Å². The zero-order chi connectivity index (χ0) is 11.3. The molecule has 1 fully saturated rings. The molecule has 1 aliphatic carbocycles. The van der Waals surface area contributed by atoms with E-state index in [0.717, 1.165) is 34.2 Å². The van der Waals surface area contributed by atoms with E-state index in [9.17, 15) is 5.11 Å². The maximum Gasteiger partial charge on any atom is 0.110 e. The molecule has 0 spiro atoms. The zero-order valence-electron chi connectivity index (χ0n) is 9.00. The van der Waals surface area contributed by atoms with Crippen LogP contribution in [-0.2, 0) is 0 Å². The Kier molecular flexibility index (Phi) is 2.30. The van der Waals surface area contributed by atoms with Crippen molar-refractivity contribution in [3.63, 3.8) is 0 Å². The lowest BCUT2D eigenvalue weighted by Gasteiger charge is -2.29. The van der Waals surface area contributed by atoms with E-state index in [1.54, 1.807) is 0 Å². The minimum Gasteiger partial charge on any atom is -0.393 e. The topological polar surface area (TPSA) is 48.9 Å². The first-order valence-corrected chi connectivity index (χ1v) is 6.26. The summed E-state index contributed by atoms with van der Waals surface area (Å²) in [5.74, 6) is 1.42. The Balaban J connectivity index is 2.06. The van der Waals surface area contributed by atoms with Crippen molar-refractivity contribution < 1.29 is 5.11 Å². The van der Waals surface area contributed by atoms with Gasteiger partial charge in [0.15, 0.2) is 0 Å². The SMILES string of the molecule is Cc1cc(Br)cc2[nH]c(C3CC(O)C3)nc12. The fourth-order valence-electron chi connectivity index (χ4n) is 2.27. The van der Waals surface area contributed by atoms with Gasteiger partial charge < -0.3 is 10.1 Å². The Bertz CT molecular complexity index is 543. The first-order chi connectivity index (χ1) is 7.63. The van der Waals surface area contributed by atoms with Gasteiger partial charge in [-0.05, 0) is 37.5 Å². The maximum atomic E-state index is 9.30. The molecule has 84 valence electrons. The molecular weight excluding hydrogens is 268 g/mol. The number of aliphatic hydroxyl groups is 1. The van der Waals surface area contributed by atoms with Gasteiger partial charge >= 0.3 is 0 Å². The molecule has 1 aliphatic rings. The van der Waals surface area contributed by atoms with E-state index >= 15 is 0 Å². The highest BCUT2D eigenvalue weighted by atomic mass is 79.9. The molecule has 3 rings (SSSR count). The molecule has 1 aromatic heterocycles. The third-order valence-electron chi connectivity index (χ3n) is 3.26. The first-order valence-electron chi connectivity index (χ1n) is 5.47. The summed E-state index contributed by atoms with van der Waals surface area (Å²) in [5.41, 5.74) is 3.29. The average Bonchev–Trinajstić information content (AvgIpc) is 2.56. The summed E-state index contributed by atoms with van der Waals surface area (Å²) in [7, 11) is 0. The molecule has 0 aliphatic heterocycles. The zero-order valence-corrected chi connectivity index (χ0v) is 10.6. The molecule has 2 aromatic rings. The molecule has 4 heteroatoms. The molecule has 1 heterocycles.